The highest BCUT2D eigenvalue weighted by Crippen LogP contribution is 2.20. The number of nitrogens with zero attached hydrogens (tertiary/aromatic N) is 1. The average molecular weight is 299 g/mol. The lowest BCUT2D eigenvalue weighted by Gasteiger charge is -2.06. The van der Waals surface area contributed by atoms with Gasteiger partial charge in [-0.05, 0) is 12.1 Å². The van der Waals surface area contributed by atoms with Crippen LogP contribution in [0.5, 0.6) is 0 Å². The molecular formula is C14H16ClFN2S. The Morgan fingerprint density at radius 3 is 2.79 bits per heavy atom. The summed E-state index contributed by atoms with van der Waals surface area (Å²) in [5, 5.41) is 6.78. The Hall–Kier alpha value is -0.970. The fourth-order valence-electron chi connectivity index (χ4n) is 1.69. The van der Waals surface area contributed by atoms with Gasteiger partial charge >= 0.3 is 0 Å². The Labute approximate surface area is 121 Å². The van der Waals surface area contributed by atoms with E-state index in [2.05, 4.69) is 24.1 Å². The first-order chi connectivity index (χ1) is 9.08. The molecule has 1 heterocycles. The Kier molecular flexibility index (Phi) is 4.91. The van der Waals surface area contributed by atoms with E-state index in [1.807, 2.05) is 5.38 Å². The van der Waals surface area contributed by atoms with Crippen LogP contribution in [0.1, 0.15) is 36.0 Å². The lowest BCUT2D eigenvalue weighted by molar-refractivity contribution is 0.586. The van der Waals surface area contributed by atoms with Gasteiger partial charge in [0, 0.05) is 35.0 Å². The van der Waals surface area contributed by atoms with E-state index < -0.39 is 0 Å². The number of benzene rings is 1. The predicted molar refractivity (Wildman–Crippen MR) is 78.2 cm³/mol. The minimum atomic E-state index is -0.277. The molecule has 0 aliphatic rings. The Bertz CT molecular complexity index is 534. The Morgan fingerprint density at radius 1 is 1.37 bits per heavy atom. The van der Waals surface area contributed by atoms with Gasteiger partial charge in [0.15, 0.2) is 0 Å². The van der Waals surface area contributed by atoms with Crippen LogP contribution in [0.2, 0.25) is 5.02 Å². The van der Waals surface area contributed by atoms with Gasteiger partial charge in [0.25, 0.3) is 0 Å². The zero-order chi connectivity index (χ0) is 13.8. The number of thiazole rings is 1. The van der Waals surface area contributed by atoms with Gasteiger partial charge in [-0.3, -0.25) is 0 Å². The molecule has 0 saturated heterocycles. The highest BCUT2D eigenvalue weighted by atomic mass is 35.5. The van der Waals surface area contributed by atoms with Gasteiger partial charge in [0.2, 0.25) is 0 Å². The summed E-state index contributed by atoms with van der Waals surface area (Å²) in [6.07, 6.45) is 0. The van der Waals surface area contributed by atoms with Gasteiger partial charge in [-0.1, -0.05) is 31.5 Å². The highest BCUT2D eigenvalue weighted by Gasteiger charge is 2.08. The number of hydrogen-bond acceptors (Lipinski definition) is 3. The summed E-state index contributed by atoms with van der Waals surface area (Å²) in [5.74, 6) is 0.168. The van der Waals surface area contributed by atoms with Crippen molar-refractivity contribution in [2.75, 3.05) is 0 Å². The van der Waals surface area contributed by atoms with E-state index in [1.54, 1.807) is 23.5 Å². The monoisotopic (exact) mass is 298 g/mol. The van der Waals surface area contributed by atoms with E-state index in [0.29, 0.717) is 29.6 Å². The number of hydrogen-bond donors (Lipinski definition) is 1. The van der Waals surface area contributed by atoms with Crippen LogP contribution in [0.3, 0.4) is 0 Å². The molecule has 0 atom stereocenters. The molecule has 0 amide bonds. The van der Waals surface area contributed by atoms with Crippen molar-refractivity contribution in [2.24, 2.45) is 0 Å². The Morgan fingerprint density at radius 2 is 2.16 bits per heavy atom. The van der Waals surface area contributed by atoms with Crippen LogP contribution in [-0.2, 0) is 13.1 Å². The van der Waals surface area contributed by atoms with Gasteiger partial charge in [0.1, 0.15) is 5.82 Å². The van der Waals surface area contributed by atoms with Crippen LogP contribution < -0.4 is 5.32 Å². The molecule has 0 saturated carbocycles. The maximum absolute atomic E-state index is 13.5. The maximum Gasteiger partial charge on any atom is 0.129 e. The molecule has 2 aromatic rings. The summed E-state index contributed by atoms with van der Waals surface area (Å²) in [7, 11) is 0. The summed E-state index contributed by atoms with van der Waals surface area (Å²) in [5.41, 5.74) is 1.49. The second-order valence-corrected chi connectivity index (χ2v) is 5.93. The van der Waals surface area contributed by atoms with Crippen molar-refractivity contribution < 1.29 is 4.39 Å². The van der Waals surface area contributed by atoms with Crippen molar-refractivity contribution in [3.63, 3.8) is 0 Å². The van der Waals surface area contributed by atoms with Crippen molar-refractivity contribution >= 4 is 22.9 Å². The third kappa shape index (κ3) is 3.75. The van der Waals surface area contributed by atoms with Crippen molar-refractivity contribution in [1.29, 1.82) is 0 Å². The summed E-state index contributed by atoms with van der Waals surface area (Å²) in [6, 6.07) is 4.72. The molecule has 0 unspecified atom stereocenters. The fraction of sp³-hybridized carbons (Fsp3) is 0.357. The van der Waals surface area contributed by atoms with Crippen molar-refractivity contribution in [2.45, 2.75) is 32.9 Å². The standard InChI is InChI=1S/C14H16ClFN2S/c1-9(2)14-18-10(8-19-14)6-17-7-11-12(15)4-3-5-13(11)16/h3-5,8-9,17H,6-7H2,1-2H3. The summed E-state index contributed by atoms with van der Waals surface area (Å²) in [4.78, 5) is 4.52. The molecule has 1 aromatic heterocycles. The zero-order valence-electron chi connectivity index (χ0n) is 10.9. The molecule has 0 aliphatic carbocycles. The molecule has 19 heavy (non-hydrogen) atoms. The highest BCUT2D eigenvalue weighted by molar-refractivity contribution is 7.09. The molecular weight excluding hydrogens is 283 g/mol. The molecule has 2 nitrogen and oxygen atoms in total. The van der Waals surface area contributed by atoms with E-state index in [4.69, 9.17) is 11.6 Å². The first-order valence-corrected chi connectivity index (χ1v) is 7.41. The van der Waals surface area contributed by atoms with Gasteiger partial charge in [-0.2, -0.15) is 0 Å². The van der Waals surface area contributed by atoms with Crippen LogP contribution in [0, 0.1) is 5.82 Å². The second-order valence-electron chi connectivity index (χ2n) is 4.64. The maximum atomic E-state index is 13.5. The van der Waals surface area contributed by atoms with Crippen molar-refractivity contribution in [3.8, 4) is 0 Å². The minimum absolute atomic E-state index is 0.277. The lowest BCUT2D eigenvalue weighted by atomic mass is 10.2. The van der Waals surface area contributed by atoms with E-state index in [1.165, 1.54) is 6.07 Å². The van der Waals surface area contributed by atoms with Crippen molar-refractivity contribution in [3.05, 3.63) is 50.7 Å². The normalized spacial score (nSPS) is 11.2. The number of nitrogens with one attached hydrogen (secondary N) is 1. The van der Waals surface area contributed by atoms with Gasteiger partial charge in [-0.25, -0.2) is 9.37 Å². The minimum Gasteiger partial charge on any atom is -0.307 e. The predicted octanol–water partition coefficient (Wildman–Crippen LogP) is 4.35. The average Bonchev–Trinajstić information content (AvgIpc) is 2.82. The molecule has 5 heteroatoms. The number of rotatable bonds is 5. The molecule has 0 fully saturated rings. The van der Waals surface area contributed by atoms with Crippen LogP contribution in [0.4, 0.5) is 4.39 Å². The molecule has 0 bridgehead atoms. The first-order valence-electron chi connectivity index (χ1n) is 6.16. The number of halogens is 2. The molecule has 1 N–H and O–H groups in total. The SMILES string of the molecule is CC(C)c1nc(CNCc2c(F)cccc2Cl)cs1. The summed E-state index contributed by atoms with van der Waals surface area (Å²) >= 11 is 7.62. The molecule has 102 valence electrons. The third-order valence-electron chi connectivity index (χ3n) is 2.73. The van der Waals surface area contributed by atoms with Crippen molar-refractivity contribution in [1.82, 2.24) is 10.3 Å². The Balaban J connectivity index is 1.92. The van der Waals surface area contributed by atoms with Gasteiger partial charge in [0.05, 0.1) is 10.7 Å². The molecule has 0 radical (unpaired) electrons. The topological polar surface area (TPSA) is 24.9 Å². The molecule has 2 rings (SSSR count). The molecule has 1 aromatic carbocycles. The van der Waals surface area contributed by atoms with Crippen LogP contribution in [0.25, 0.3) is 0 Å². The molecule has 0 aliphatic heterocycles. The second kappa shape index (κ2) is 6.46. The first kappa shape index (κ1) is 14.4. The van der Waals surface area contributed by atoms with Gasteiger partial charge in [-0.15, -0.1) is 11.3 Å². The van der Waals surface area contributed by atoms with E-state index in [9.17, 15) is 4.39 Å². The summed E-state index contributed by atoms with van der Waals surface area (Å²) < 4.78 is 13.5. The van der Waals surface area contributed by atoms with E-state index in [0.717, 1.165) is 10.7 Å². The van der Waals surface area contributed by atoms with Gasteiger partial charge < -0.3 is 5.32 Å². The largest absolute Gasteiger partial charge is 0.307 e. The van der Waals surface area contributed by atoms with E-state index >= 15 is 0 Å². The number of aromatic nitrogens is 1. The van der Waals surface area contributed by atoms with Crippen LogP contribution in [-0.4, -0.2) is 4.98 Å². The lowest BCUT2D eigenvalue weighted by Crippen LogP contribution is -2.14. The van der Waals surface area contributed by atoms with Crippen LogP contribution in [0.15, 0.2) is 23.6 Å². The fourth-order valence-corrected chi connectivity index (χ4v) is 2.75. The molecule has 0 spiro atoms. The third-order valence-corrected chi connectivity index (χ3v) is 4.28. The smallest absolute Gasteiger partial charge is 0.129 e. The van der Waals surface area contributed by atoms with Crippen LogP contribution >= 0.6 is 22.9 Å². The van der Waals surface area contributed by atoms with E-state index in [-0.39, 0.29) is 5.82 Å². The summed E-state index contributed by atoms with van der Waals surface area (Å²) in [6.45, 7) is 5.26. The quantitative estimate of drug-likeness (QED) is 0.888. The zero-order valence-corrected chi connectivity index (χ0v) is 12.5.